The van der Waals surface area contributed by atoms with Crippen LogP contribution in [0.1, 0.15) is 12.5 Å². The van der Waals surface area contributed by atoms with Gasteiger partial charge in [0.05, 0.1) is 45.0 Å². The van der Waals surface area contributed by atoms with Crippen molar-refractivity contribution in [2.75, 3.05) is 12.5 Å². The third-order valence-electron chi connectivity index (χ3n) is 3.30. The number of hydrogen-bond donors (Lipinski definition) is 1. The van der Waals surface area contributed by atoms with Crippen molar-refractivity contribution in [3.05, 3.63) is 67.2 Å². The summed E-state index contributed by atoms with van der Waals surface area (Å²) in [5.41, 5.74) is 2.80. The van der Waals surface area contributed by atoms with Gasteiger partial charge < -0.3 is 4.74 Å². The molecular weight excluding hydrogens is 352 g/mol. The summed E-state index contributed by atoms with van der Waals surface area (Å²) in [5.74, 6) is 0.557. The van der Waals surface area contributed by atoms with Crippen molar-refractivity contribution in [1.29, 1.82) is 0 Å². The lowest BCUT2D eigenvalue weighted by Crippen LogP contribution is -2.05. The maximum Gasteiger partial charge on any atom is 0.285 e. The molecule has 0 bridgehead atoms. The Morgan fingerprint density at radius 3 is 2.48 bits per heavy atom. The summed E-state index contributed by atoms with van der Waals surface area (Å²) < 4.78 is 5.09. The summed E-state index contributed by atoms with van der Waals surface area (Å²) in [7, 11) is 1.50. The van der Waals surface area contributed by atoms with Gasteiger partial charge in [-0.2, -0.15) is 5.10 Å². The van der Waals surface area contributed by atoms with Crippen LogP contribution in [0.25, 0.3) is 0 Å². The van der Waals surface area contributed by atoms with Crippen LogP contribution in [0.2, 0.25) is 5.02 Å². The molecule has 2 rings (SSSR count). The number of halogens is 1. The first-order valence-corrected chi connectivity index (χ1v) is 7.28. The number of non-ortho nitro benzene ring substituents is 1. The maximum atomic E-state index is 11.2. The fraction of sp³-hybridized carbons (Fsp3) is 0.133. The highest BCUT2D eigenvalue weighted by molar-refractivity contribution is 6.33. The molecule has 10 heteroatoms. The number of ether oxygens (including phenoxy) is 1. The van der Waals surface area contributed by atoms with Crippen LogP contribution in [0, 0.1) is 20.2 Å². The van der Waals surface area contributed by atoms with E-state index in [2.05, 4.69) is 10.5 Å². The van der Waals surface area contributed by atoms with E-state index < -0.39 is 15.5 Å². The summed E-state index contributed by atoms with van der Waals surface area (Å²) >= 11 is 6.05. The van der Waals surface area contributed by atoms with Crippen LogP contribution in [0.15, 0.2) is 41.5 Å². The molecule has 0 spiro atoms. The first-order chi connectivity index (χ1) is 11.8. The molecule has 0 aromatic heterocycles. The summed E-state index contributed by atoms with van der Waals surface area (Å²) in [6.45, 7) is 1.54. The van der Waals surface area contributed by atoms with Crippen LogP contribution in [-0.4, -0.2) is 22.7 Å². The smallest absolute Gasteiger partial charge is 0.285 e. The summed E-state index contributed by atoms with van der Waals surface area (Å²) in [5, 5.41) is 26.4. The van der Waals surface area contributed by atoms with Gasteiger partial charge in [0, 0.05) is 12.1 Å². The lowest BCUT2D eigenvalue weighted by atomic mass is 10.1. The zero-order valence-electron chi connectivity index (χ0n) is 13.2. The van der Waals surface area contributed by atoms with Crippen molar-refractivity contribution in [1.82, 2.24) is 0 Å². The first-order valence-electron chi connectivity index (χ1n) is 6.90. The topological polar surface area (TPSA) is 120 Å². The average Bonchev–Trinajstić information content (AvgIpc) is 2.60. The Morgan fingerprint density at radius 1 is 1.16 bits per heavy atom. The highest BCUT2D eigenvalue weighted by Crippen LogP contribution is 2.28. The van der Waals surface area contributed by atoms with E-state index in [1.54, 1.807) is 18.2 Å². The number of rotatable bonds is 6. The number of methoxy groups -OCH3 is 1. The summed E-state index contributed by atoms with van der Waals surface area (Å²) in [6, 6.07) is 8.26. The van der Waals surface area contributed by atoms with Gasteiger partial charge >= 0.3 is 0 Å². The number of nitro groups is 2. The average molecular weight is 365 g/mol. The molecule has 0 atom stereocenters. The fourth-order valence-electron chi connectivity index (χ4n) is 2.01. The number of hydrazone groups is 1. The van der Waals surface area contributed by atoms with Gasteiger partial charge in [-0.15, -0.1) is 0 Å². The number of nitro benzene ring substituents is 2. The second kappa shape index (κ2) is 7.58. The minimum atomic E-state index is -0.697. The predicted molar refractivity (Wildman–Crippen MR) is 93.6 cm³/mol. The van der Waals surface area contributed by atoms with Crippen molar-refractivity contribution in [3.63, 3.8) is 0 Å². The summed E-state index contributed by atoms with van der Waals surface area (Å²) in [6.07, 6.45) is 0. The molecule has 9 nitrogen and oxygen atoms in total. The molecular formula is C15H13ClN4O5. The van der Waals surface area contributed by atoms with Gasteiger partial charge in [0.1, 0.15) is 5.75 Å². The molecule has 0 heterocycles. The van der Waals surface area contributed by atoms with E-state index in [9.17, 15) is 20.2 Å². The van der Waals surface area contributed by atoms with Gasteiger partial charge in [0.15, 0.2) is 0 Å². The quantitative estimate of drug-likeness (QED) is 0.470. The molecule has 25 heavy (non-hydrogen) atoms. The van der Waals surface area contributed by atoms with E-state index >= 15 is 0 Å². The largest absolute Gasteiger partial charge is 0.497 e. The highest BCUT2D eigenvalue weighted by atomic mass is 35.5. The fourth-order valence-corrected chi connectivity index (χ4v) is 2.17. The second-order valence-corrected chi connectivity index (χ2v) is 5.28. The minimum Gasteiger partial charge on any atom is -0.497 e. The molecule has 0 saturated carbocycles. The minimum absolute atomic E-state index is 0.155. The molecule has 0 amide bonds. The molecule has 0 saturated heterocycles. The number of benzene rings is 2. The third-order valence-corrected chi connectivity index (χ3v) is 3.63. The Kier molecular flexibility index (Phi) is 5.50. The number of anilines is 1. The number of nitrogens with one attached hydrogen (secondary N) is 1. The van der Waals surface area contributed by atoms with E-state index in [0.29, 0.717) is 16.5 Å². The van der Waals surface area contributed by atoms with Gasteiger partial charge in [0.2, 0.25) is 0 Å². The molecule has 1 N–H and O–H groups in total. The van der Waals surface area contributed by atoms with E-state index in [-0.39, 0.29) is 17.0 Å². The van der Waals surface area contributed by atoms with Crippen molar-refractivity contribution in [2.45, 2.75) is 6.92 Å². The first kappa shape index (κ1) is 18.1. The lowest BCUT2D eigenvalue weighted by Gasteiger charge is -2.08. The molecule has 130 valence electrons. The van der Waals surface area contributed by atoms with Crippen molar-refractivity contribution >= 4 is 34.4 Å². The molecule has 0 fully saturated rings. The Bertz CT molecular complexity index is 869. The Balaban J connectivity index is 2.37. The molecule has 2 aromatic carbocycles. The molecule has 0 aliphatic rings. The molecule has 0 radical (unpaired) electrons. The van der Waals surface area contributed by atoms with Gasteiger partial charge in [-0.1, -0.05) is 11.6 Å². The van der Waals surface area contributed by atoms with Gasteiger partial charge in [-0.25, -0.2) is 0 Å². The zero-order chi connectivity index (χ0) is 18.6. The SMILES string of the molecule is COc1ccc(Cl)c(N/N=C(\C)c2ccc([N+](=O)[O-])cc2[N+](=O)[O-])c1. The lowest BCUT2D eigenvalue weighted by molar-refractivity contribution is -0.394. The van der Waals surface area contributed by atoms with Crippen molar-refractivity contribution in [2.24, 2.45) is 5.10 Å². The second-order valence-electron chi connectivity index (χ2n) is 4.87. The van der Waals surface area contributed by atoms with Crippen LogP contribution < -0.4 is 10.2 Å². The van der Waals surface area contributed by atoms with Crippen LogP contribution >= 0.6 is 11.6 Å². The number of nitrogens with zero attached hydrogens (tertiary/aromatic N) is 3. The van der Waals surface area contributed by atoms with Gasteiger partial charge in [0.25, 0.3) is 11.4 Å². The van der Waals surface area contributed by atoms with Gasteiger partial charge in [-0.05, 0) is 25.1 Å². The van der Waals surface area contributed by atoms with Crippen LogP contribution in [0.5, 0.6) is 5.75 Å². The normalized spacial score (nSPS) is 11.1. The summed E-state index contributed by atoms with van der Waals surface area (Å²) in [4.78, 5) is 20.6. The van der Waals surface area contributed by atoms with Crippen LogP contribution in [0.4, 0.5) is 17.1 Å². The maximum absolute atomic E-state index is 11.2. The van der Waals surface area contributed by atoms with Crippen molar-refractivity contribution < 1.29 is 14.6 Å². The molecule has 0 unspecified atom stereocenters. The van der Waals surface area contributed by atoms with E-state index in [1.807, 2.05) is 0 Å². The van der Waals surface area contributed by atoms with Crippen LogP contribution in [-0.2, 0) is 0 Å². The molecule has 0 aliphatic heterocycles. The van der Waals surface area contributed by atoms with E-state index in [4.69, 9.17) is 16.3 Å². The zero-order valence-corrected chi connectivity index (χ0v) is 14.0. The predicted octanol–water partition coefficient (Wildman–Crippen LogP) is 4.00. The van der Waals surface area contributed by atoms with Crippen molar-refractivity contribution in [3.8, 4) is 5.75 Å². The molecule has 0 aliphatic carbocycles. The third kappa shape index (κ3) is 4.21. The van der Waals surface area contributed by atoms with E-state index in [0.717, 1.165) is 6.07 Å². The Hall–Kier alpha value is -3.20. The van der Waals surface area contributed by atoms with Gasteiger partial charge in [-0.3, -0.25) is 25.7 Å². The number of hydrogen-bond acceptors (Lipinski definition) is 7. The Labute approximate surface area is 147 Å². The van der Waals surface area contributed by atoms with E-state index in [1.165, 1.54) is 26.2 Å². The molecule has 2 aromatic rings. The monoisotopic (exact) mass is 364 g/mol. The standard InChI is InChI=1S/C15H13ClN4O5/c1-9(17-18-14-8-11(25-2)4-6-13(14)16)12-5-3-10(19(21)22)7-15(12)20(23)24/h3-8,18H,1-2H3/b17-9+. The Morgan fingerprint density at radius 2 is 1.88 bits per heavy atom. The highest BCUT2D eigenvalue weighted by Gasteiger charge is 2.21. The van der Waals surface area contributed by atoms with Crippen LogP contribution in [0.3, 0.4) is 0 Å².